The van der Waals surface area contributed by atoms with Crippen molar-refractivity contribution in [2.75, 3.05) is 0 Å². The molecule has 12 heteroatoms. The molecule has 10 nitrogen and oxygen atoms in total. The Hall–Kier alpha value is -4.00. The summed E-state index contributed by atoms with van der Waals surface area (Å²) < 4.78 is 33.0. The van der Waals surface area contributed by atoms with Crippen molar-refractivity contribution in [2.45, 2.75) is 56.8 Å². The lowest BCUT2D eigenvalue weighted by molar-refractivity contribution is -0.385. The highest BCUT2D eigenvalue weighted by Gasteiger charge is 2.52. The first-order valence-electron chi connectivity index (χ1n) is 12.6. The maximum atomic E-state index is 13.4. The zero-order valence-corrected chi connectivity index (χ0v) is 20.6. The molecule has 3 N–H and O–H groups in total. The molecule has 0 spiro atoms. The van der Waals surface area contributed by atoms with E-state index >= 15 is 0 Å². The number of carbonyl (C=O) groups excluding carboxylic acids is 1. The topological polar surface area (TPSA) is 133 Å². The first-order valence-corrected chi connectivity index (χ1v) is 12.6. The van der Waals surface area contributed by atoms with Gasteiger partial charge in [-0.15, -0.1) is 0 Å². The Kier molecular flexibility index (Phi) is 5.09. The number of rotatable bonds is 4. The van der Waals surface area contributed by atoms with Crippen LogP contribution in [0.4, 0.5) is 8.78 Å². The van der Waals surface area contributed by atoms with E-state index in [1.807, 2.05) is 6.07 Å². The lowest BCUT2D eigenvalue weighted by atomic mass is 9.88. The van der Waals surface area contributed by atoms with E-state index in [9.17, 15) is 28.9 Å². The maximum absolute atomic E-state index is 13.4. The van der Waals surface area contributed by atoms with E-state index in [-0.39, 0.29) is 23.3 Å². The summed E-state index contributed by atoms with van der Waals surface area (Å²) >= 11 is 0. The van der Waals surface area contributed by atoms with E-state index in [4.69, 9.17) is 4.74 Å². The fourth-order valence-electron chi connectivity index (χ4n) is 6.42. The zero-order chi connectivity index (χ0) is 27.2. The Balaban J connectivity index is 1.44. The van der Waals surface area contributed by atoms with Gasteiger partial charge < -0.3 is 20.1 Å². The van der Waals surface area contributed by atoms with Gasteiger partial charge in [-0.25, -0.2) is 9.50 Å². The summed E-state index contributed by atoms with van der Waals surface area (Å²) in [6.45, 7) is -0.999. The van der Waals surface area contributed by atoms with Crippen LogP contribution in [0.25, 0.3) is 16.8 Å². The number of benzene rings is 1. The first-order chi connectivity index (χ1) is 18.6. The number of amides is 1. The quantitative estimate of drug-likeness (QED) is 0.340. The molecular weight excluding hydrogens is 512 g/mol. The molecule has 2 bridgehead atoms. The lowest BCUT2D eigenvalue weighted by Crippen LogP contribution is -2.53. The van der Waals surface area contributed by atoms with E-state index in [2.05, 4.69) is 28.1 Å². The number of ether oxygens (including phenoxy) is 1. The van der Waals surface area contributed by atoms with Crippen LogP contribution in [0.1, 0.15) is 76.1 Å². The zero-order valence-electron chi connectivity index (χ0n) is 20.6. The van der Waals surface area contributed by atoms with Crippen molar-refractivity contribution in [3.8, 4) is 17.0 Å². The van der Waals surface area contributed by atoms with Crippen LogP contribution in [0, 0.1) is 0 Å². The number of nitrogens with zero attached hydrogens (tertiary/aromatic N) is 5. The van der Waals surface area contributed by atoms with Crippen LogP contribution < -0.4 is 4.74 Å². The van der Waals surface area contributed by atoms with Crippen molar-refractivity contribution in [1.82, 2.24) is 24.5 Å². The highest BCUT2D eigenvalue weighted by Crippen LogP contribution is 2.54. The highest BCUT2D eigenvalue weighted by molar-refractivity contribution is 5.98. The Labute approximate surface area is 220 Å². The number of hydrogen-bond donors (Lipinski definition) is 3. The number of aromatic nitrogens is 4. The number of fused-ring (bicyclic) bond motifs is 10. The van der Waals surface area contributed by atoms with Crippen LogP contribution in [-0.2, 0) is 6.42 Å². The molecule has 4 aromatic rings. The Bertz CT molecular complexity index is 1670. The lowest BCUT2D eigenvalue weighted by Gasteiger charge is -2.34. The van der Waals surface area contributed by atoms with Gasteiger partial charge >= 0.3 is 12.7 Å². The molecule has 0 fully saturated rings. The molecule has 4 heterocycles. The average Bonchev–Trinajstić information content (AvgIpc) is 3.52. The Morgan fingerprint density at radius 1 is 1.13 bits per heavy atom. The fraction of sp³-hybridized carbons (Fsp3) is 0.333. The molecule has 0 saturated heterocycles. The standard InChI is InChI=1S/C27H23F2N5O5/c1-12-5-6-13-7-14(10-30-23(12)13)17-9-18-22-16-8-19(24(22)32-33(18)11-31-17)34(27(36,37)38)25(35)15-3-2-4-20(21(15)16)39-26(28)29/h2-4,7,9-12,16,19,26,36-38H,5-6,8H2,1H3. The third-order valence-corrected chi connectivity index (χ3v) is 8.04. The minimum atomic E-state index is -3.53. The van der Waals surface area contributed by atoms with Gasteiger partial charge in [-0.2, -0.15) is 13.9 Å². The predicted octanol–water partition coefficient (Wildman–Crippen LogP) is 3.06. The molecule has 3 aromatic heterocycles. The molecule has 2 aliphatic carbocycles. The van der Waals surface area contributed by atoms with Crippen molar-refractivity contribution in [3.63, 3.8) is 0 Å². The molecule has 3 atom stereocenters. The minimum Gasteiger partial charge on any atom is -0.434 e. The van der Waals surface area contributed by atoms with Gasteiger partial charge in [-0.1, -0.05) is 13.0 Å². The molecule has 3 unspecified atom stereocenters. The smallest absolute Gasteiger partial charge is 0.387 e. The van der Waals surface area contributed by atoms with E-state index < -0.39 is 30.6 Å². The predicted molar refractivity (Wildman–Crippen MR) is 131 cm³/mol. The van der Waals surface area contributed by atoms with Gasteiger partial charge in [-0.05, 0) is 55.0 Å². The van der Waals surface area contributed by atoms with Gasteiger partial charge in [-0.3, -0.25) is 14.7 Å². The summed E-state index contributed by atoms with van der Waals surface area (Å²) in [6, 6.07) is 6.91. The van der Waals surface area contributed by atoms with Crippen molar-refractivity contribution in [1.29, 1.82) is 0 Å². The molecule has 1 amide bonds. The number of hydrogen-bond acceptors (Lipinski definition) is 8. The summed E-state index contributed by atoms with van der Waals surface area (Å²) in [5.41, 5.74) is 5.29. The van der Waals surface area contributed by atoms with Gasteiger partial charge in [0.05, 0.1) is 22.9 Å². The number of aliphatic hydroxyl groups is 3. The monoisotopic (exact) mass is 535 g/mol. The van der Waals surface area contributed by atoms with Crippen LogP contribution >= 0.6 is 0 Å². The first kappa shape index (κ1) is 24.1. The minimum absolute atomic E-state index is 0.0654. The molecule has 200 valence electrons. The summed E-state index contributed by atoms with van der Waals surface area (Å²) in [7, 11) is 0. The molecule has 1 aromatic carbocycles. The van der Waals surface area contributed by atoms with Crippen molar-refractivity contribution in [3.05, 3.63) is 76.5 Å². The number of halogens is 2. The van der Waals surface area contributed by atoms with Gasteiger partial charge in [0.15, 0.2) is 0 Å². The second kappa shape index (κ2) is 8.25. The van der Waals surface area contributed by atoms with Crippen LogP contribution in [0.5, 0.6) is 5.75 Å². The van der Waals surface area contributed by atoms with Gasteiger partial charge in [0, 0.05) is 40.1 Å². The van der Waals surface area contributed by atoms with Gasteiger partial charge in [0.2, 0.25) is 0 Å². The summed E-state index contributed by atoms with van der Waals surface area (Å²) in [6.07, 6.45) is 1.80. The molecule has 7 rings (SSSR count). The normalized spacial score (nSPS) is 21.8. The van der Waals surface area contributed by atoms with Crippen molar-refractivity contribution in [2.24, 2.45) is 0 Å². The fourth-order valence-corrected chi connectivity index (χ4v) is 6.42. The van der Waals surface area contributed by atoms with Crippen LogP contribution in [-0.4, -0.2) is 58.4 Å². The largest absolute Gasteiger partial charge is 0.434 e. The van der Waals surface area contributed by atoms with Crippen LogP contribution in [0.3, 0.4) is 0 Å². The third-order valence-electron chi connectivity index (χ3n) is 8.04. The summed E-state index contributed by atoms with van der Waals surface area (Å²) in [5.74, 6) is -1.43. The Morgan fingerprint density at radius 3 is 2.72 bits per heavy atom. The van der Waals surface area contributed by atoms with Crippen molar-refractivity contribution >= 4 is 11.4 Å². The molecule has 0 radical (unpaired) electrons. The van der Waals surface area contributed by atoms with Crippen LogP contribution in [0.15, 0.2) is 42.9 Å². The maximum Gasteiger partial charge on any atom is 0.387 e. The number of alkyl halides is 2. The number of aryl methyl sites for hydroxylation is 1. The van der Waals surface area contributed by atoms with E-state index in [0.717, 1.165) is 24.1 Å². The SMILES string of the molecule is CC1CCc2cc(-c3cc4c5c(nn4cn3)C3CC5c4c(OC(F)F)cccc4C(=O)N3C(O)(O)O)cnc21. The third kappa shape index (κ3) is 3.55. The Morgan fingerprint density at radius 2 is 1.95 bits per heavy atom. The number of pyridine rings is 1. The molecule has 39 heavy (non-hydrogen) atoms. The molecule has 1 aliphatic heterocycles. The number of carbonyl (C=O) groups is 1. The summed E-state index contributed by atoms with van der Waals surface area (Å²) in [5, 5.41) is 35.2. The average molecular weight is 536 g/mol. The molecule has 0 saturated carbocycles. The van der Waals surface area contributed by atoms with Gasteiger partial charge in [0.1, 0.15) is 12.1 Å². The van der Waals surface area contributed by atoms with E-state index in [0.29, 0.717) is 33.3 Å². The van der Waals surface area contributed by atoms with Crippen LogP contribution in [0.2, 0.25) is 0 Å². The van der Waals surface area contributed by atoms with E-state index in [1.165, 1.54) is 34.6 Å². The van der Waals surface area contributed by atoms with E-state index in [1.54, 1.807) is 6.20 Å². The van der Waals surface area contributed by atoms with Crippen molar-refractivity contribution < 1.29 is 33.6 Å². The summed E-state index contributed by atoms with van der Waals surface area (Å²) in [4.78, 5) is 23.2. The molecular formula is C27H23F2N5O5. The molecule has 3 aliphatic rings. The highest BCUT2D eigenvalue weighted by atomic mass is 19.3. The second-order valence-electron chi connectivity index (χ2n) is 10.3. The van der Waals surface area contributed by atoms with Gasteiger partial charge in [0.25, 0.3) is 5.91 Å². The second-order valence-corrected chi connectivity index (χ2v) is 10.3.